The van der Waals surface area contributed by atoms with Crippen LogP contribution in [0.15, 0.2) is 0 Å². The van der Waals surface area contributed by atoms with E-state index in [4.69, 9.17) is 0 Å². The first-order chi connectivity index (χ1) is 7.68. The third-order valence-corrected chi connectivity index (χ3v) is 4.56. The summed E-state index contributed by atoms with van der Waals surface area (Å²) in [6.45, 7) is 3.21. The second-order valence-electron chi connectivity index (χ2n) is 6.04. The molecule has 0 aromatic rings. The summed E-state index contributed by atoms with van der Waals surface area (Å²) in [6, 6.07) is 0.561. The molecule has 1 heterocycles. The highest BCUT2D eigenvalue weighted by atomic mass is 16.3. The maximum absolute atomic E-state index is 10.7. The molecule has 0 amide bonds. The number of piperidine rings is 1. The lowest BCUT2D eigenvalue weighted by atomic mass is 9.74. The fourth-order valence-corrected chi connectivity index (χ4v) is 3.49. The topological polar surface area (TPSA) is 32.3 Å². The monoisotopic (exact) mass is 225 g/mol. The first-order valence-electron chi connectivity index (χ1n) is 7.14. The Morgan fingerprint density at radius 1 is 1.06 bits per heavy atom. The average molecular weight is 225 g/mol. The second kappa shape index (κ2) is 5.50. The molecule has 1 aliphatic heterocycles. The average Bonchev–Trinajstić information content (AvgIpc) is 2.31. The van der Waals surface area contributed by atoms with Crippen molar-refractivity contribution in [2.75, 3.05) is 6.54 Å². The van der Waals surface area contributed by atoms with Crippen LogP contribution in [0.4, 0.5) is 0 Å². The van der Waals surface area contributed by atoms with E-state index in [0.717, 1.165) is 13.0 Å². The van der Waals surface area contributed by atoms with Crippen LogP contribution in [0.25, 0.3) is 0 Å². The fourth-order valence-electron chi connectivity index (χ4n) is 3.49. The van der Waals surface area contributed by atoms with Gasteiger partial charge < -0.3 is 10.4 Å². The third-order valence-electron chi connectivity index (χ3n) is 4.56. The van der Waals surface area contributed by atoms with Gasteiger partial charge in [-0.05, 0) is 51.5 Å². The van der Waals surface area contributed by atoms with Gasteiger partial charge in [0.2, 0.25) is 0 Å². The van der Waals surface area contributed by atoms with E-state index in [1.807, 2.05) is 0 Å². The Morgan fingerprint density at radius 3 is 2.38 bits per heavy atom. The first kappa shape index (κ1) is 12.4. The predicted molar refractivity (Wildman–Crippen MR) is 67.5 cm³/mol. The Labute approximate surface area is 99.8 Å². The molecule has 2 heteroatoms. The highest BCUT2D eigenvalue weighted by Gasteiger charge is 2.35. The standard InChI is InChI=1S/C14H27NO/c1-14(16,12-7-3-2-4-8-12)11-13-9-5-6-10-15-13/h12-13,15-16H,2-11H2,1H3. The van der Waals surface area contributed by atoms with Gasteiger partial charge in [0.05, 0.1) is 5.60 Å². The van der Waals surface area contributed by atoms with Gasteiger partial charge in [-0.25, -0.2) is 0 Å². The molecule has 1 saturated heterocycles. The molecule has 2 rings (SSSR count). The van der Waals surface area contributed by atoms with Crippen molar-refractivity contribution >= 4 is 0 Å². The van der Waals surface area contributed by atoms with Crippen LogP contribution in [0, 0.1) is 5.92 Å². The van der Waals surface area contributed by atoms with Crippen LogP contribution in [0.5, 0.6) is 0 Å². The van der Waals surface area contributed by atoms with Crippen molar-refractivity contribution in [3.05, 3.63) is 0 Å². The van der Waals surface area contributed by atoms with Gasteiger partial charge in [0.1, 0.15) is 0 Å². The van der Waals surface area contributed by atoms with Crippen LogP contribution in [0.1, 0.15) is 64.7 Å². The zero-order valence-corrected chi connectivity index (χ0v) is 10.7. The smallest absolute Gasteiger partial charge is 0.0662 e. The van der Waals surface area contributed by atoms with E-state index >= 15 is 0 Å². The van der Waals surface area contributed by atoms with Gasteiger partial charge in [-0.1, -0.05) is 25.7 Å². The molecule has 94 valence electrons. The Morgan fingerprint density at radius 2 is 1.75 bits per heavy atom. The summed E-state index contributed by atoms with van der Waals surface area (Å²) >= 11 is 0. The summed E-state index contributed by atoms with van der Waals surface area (Å²) < 4.78 is 0. The van der Waals surface area contributed by atoms with Crippen molar-refractivity contribution in [1.29, 1.82) is 0 Å². The highest BCUT2D eigenvalue weighted by molar-refractivity contribution is 4.89. The minimum absolute atomic E-state index is 0.435. The predicted octanol–water partition coefficient (Wildman–Crippen LogP) is 2.85. The highest BCUT2D eigenvalue weighted by Crippen LogP contribution is 2.35. The molecule has 0 aromatic heterocycles. The molecule has 2 unspecified atom stereocenters. The number of aliphatic hydroxyl groups is 1. The Kier molecular flexibility index (Phi) is 4.26. The Bertz CT molecular complexity index is 203. The summed E-state index contributed by atoms with van der Waals surface area (Å²) in [5.41, 5.74) is -0.435. The summed E-state index contributed by atoms with van der Waals surface area (Å²) in [7, 11) is 0. The van der Waals surface area contributed by atoms with Crippen LogP contribution in [-0.4, -0.2) is 23.3 Å². The van der Waals surface area contributed by atoms with Crippen LogP contribution >= 0.6 is 0 Å². The molecule has 2 aliphatic rings. The molecule has 0 radical (unpaired) electrons. The van der Waals surface area contributed by atoms with E-state index in [9.17, 15) is 5.11 Å². The summed E-state index contributed by atoms with van der Waals surface area (Å²) in [6.07, 6.45) is 11.3. The van der Waals surface area contributed by atoms with E-state index in [-0.39, 0.29) is 0 Å². The van der Waals surface area contributed by atoms with E-state index in [1.165, 1.54) is 51.4 Å². The van der Waals surface area contributed by atoms with Crippen molar-refractivity contribution < 1.29 is 5.11 Å². The SMILES string of the molecule is CC(O)(CC1CCCCN1)C1CCCCC1. The number of hydrogen-bond acceptors (Lipinski definition) is 2. The van der Waals surface area contributed by atoms with Crippen LogP contribution in [0.2, 0.25) is 0 Å². The van der Waals surface area contributed by atoms with Crippen molar-refractivity contribution in [3.63, 3.8) is 0 Å². The fraction of sp³-hybridized carbons (Fsp3) is 1.00. The maximum Gasteiger partial charge on any atom is 0.0662 e. The second-order valence-corrected chi connectivity index (χ2v) is 6.04. The molecule has 0 spiro atoms. The van der Waals surface area contributed by atoms with Crippen molar-refractivity contribution in [2.45, 2.75) is 76.4 Å². The molecule has 0 bridgehead atoms. The molecule has 1 saturated carbocycles. The number of rotatable bonds is 3. The minimum Gasteiger partial charge on any atom is -0.390 e. The van der Waals surface area contributed by atoms with Crippen molar-refractivity contribution in [3.8, 4) is 0 Å². The lowest BCUT2D eigenvalue weighted by molar-refractivity contribution is -0.0328. The molecule has 2 atom stereocenters. The van der Waals surface area contributed by atoms with Crippen LogP contribution in [-0.2, 0) is 0 Å². The maximum atomic E-state index is 10.7. The van der Waals surface area contributed by atoms with Gasteiger partial charge >= 0.3 is 0 Å². The van der Waals surface area contributed by atoms with E-state index in [2.05, 4.69) is 12.2 Å². The molecule has 2 nitrogen and oxygen atoms in total. The van der Waals surface area contributed by atoms with Gasteiger partial charge in [-0.2, -0.15) is 0 Å². The van der Waals surface area contributed by atoms with Gasteiger partial charge in [0.25, 0.3) is 0 Å². The quantitative estimate of drug-likeness (QED) is 0.774. The molecule has 2 fully saturated rings. The van der Waals surface area contributed by atoms with Gasteiger partial charge in [0, 0.05) is 6.04 Å². The third kappa shape index (κ3) is 3.21. The molecule has 1 aliphatic carbocycles. The van der Waals surface area contributed by atoms with Gasteiger partial charge in [-0.15, -0.1) is 0 Å². The molecular weight excluding hydrogens is 198 g/mol. The van der Waals surface area contributed by atoms with Crippen molar-refractivity contribution in [2.24, 2.45) is 5.92 Å². The van der Waals surface area contributed by atoms with Gasteiger partial charge in [-0.3, -0.25) is 0 Å². The lowest BCUT2D eigenvalue weighted by Gasteiger charge is -2.39. The number of nitrogens with one attached hydrogen (secondary N) is 1. The van der Waals surface area contributed by atoms with E-state index in [1.54, 1.807) is 0 Å². The van der Waals surface area contributed by atoms with Crippen molar-refractivity contribution in [1.82, 2.24) is 5.32 Å². The first-order valence-corrected chi connectivity index (χ1v) is 7.14. The normalized spacial score (nSPS) is 32.2. The Balaban J connectivity index is 1.84. The van der Waals surface area contributed by atoms with Crippen LogP contribution < -0.4 is 5.32 Å². The van der Waals surface area contributed by atoms with E-state index < -0.39 is 5.60 Å². The largest absolute Gasteiger partial charge is 0.390 e. The van der Waals surface area contributed by atoms with E-state index in [0.29, 0.717) is 12.0 Å². The summed E-state index contributed by atoms with van der Waals surface area (Å²) in [5.74, 6) is 0.546. The number of hydrogen-bond donors (Lipinski definition) is 2. The zero-order chi connectivity index (χ0) is 11.4. The molecular formula is C14H27NO. The summed E-state index contributed by atoms with van der Waals surface area (Å²) in [5, 5.41) is 14.2. The molecule has 2 N–H and O–H groups in total. The summed E-state index contributed by atoms with van der Waals surface area (Å²) in [4.78, 5) is 0. The van der Waals surface area contributed by atoms with Crippen LogP contribution in [0.3, 0.4) is 0 Å². The lowest BCUT2D eigenvalue weighted by Crippen LogP contribution is -2.45. The minimum atomic E-state index is -0.435. The Hall–Kier alpha value is -0.0800. The molecule has 16 heavy (non-hydrogen) atoms. The zero-order valence-electron chi connectivity index (χ0n) is 10.7. The molecule has 0 aromatic carbocycles. The van der Waals surface area contributed by atoms with Gasteiger partial charge in [0.15, 0.2) is 0 Å².